The number of methoxy groups -OCH3 is 1. The van der Waals surface area contributed by atoms with Crippen molar-refractivity contribution in [1.82, 2.24) is 9.55 Å². The minimum absolute atomic E-state index is 0.367. The lowest BCUT2D eigenvalue weighted by atomic mass is 10.0. The van der Waals surface area contributed by atoms with E-state index in [4.69, 9.17) is 5.73 Å². The van der Waals surface area contributed by atoms with Gasteiger partial charge < -0.3 is 15.0 Å². The van der Waals surface area contributed by atoms with Gasteiger partial charge in [-0.15, -0.1) is 0 Å². The zero-order chi connectivity index (χ0) is 11.6. The van der Waals surface area contributed by atoms with E-state index in [2.05, 4.69) is 9.72 Å². The van der Waals surface area contributed by atoms with E-state index in [1.54, 1.807) is 6.92 Å². The molecule has 1 atom stereocenters. The van der Waals surface area contributed by atoms with Crippen LogP contribution < -0.4 is 5.73 Å². The van der Waals surface area contributed by atoms with Crippen molar-refractivity contribution in [3.8, 4) is 0 Å². The molecule has 0 aliphatic carbocycles. The highest BCUT2D eigenvalue weighted by atomic mass is 16.5. The number of ether oxygens (including phenoxy) is 1. The van der Waals surface area contributed by atoms with Gasteiger partial charge >= 0.3 is 5.97 Å². The molecule has 0 amide bonds. The van der Waals surface area contributed by atoms with Gasteiger partial charge in [0.15, 0.2) is 0 Å². The second kappa shape index (κ2) is 4.02. The number of imidazole rings is 1. The van der Waals surface area contributed by atoms with E-state index in [1.807, 2.05) is 24.6 Å². The Hall–Kier alpha value is -1.36. The Labute approximate surface area is 89.2 Å². The molecule has 0 bridgehead atoms. The maximum atomic E-state index is 11.4. The number of nitrogens with zero attached hydrogens (tertiary/aromatic N) is 2. The van der Waals surface area contributed by atoms with Gasteiger partial charge in [-0.05, 0) is 20.8 Å². The number of aryl methyl sites for hydroxylation is 2. The molecule has 5 heteroatoms. The Balaban J connectivity index is 2.85. The van der Waals surface area contributed by atoms with Gasteiger partial charge in [0.25, 0.3) is 0 Å². The van der Waals surface area contributed by atoms with Gasteiger partial charge in [0.1, 0.15) is 11.4 Å². The zero-order valence-corrected chi connectivity index (χ0v) is 9.57. The number of rotatable bonds is 3. The summed E-state index contributed by atoms with van der Waals surface area (Å²) in [5.41, 5.74) is 5.75. The molecule has 5 nitrogen and oxygen atoms in total. The van der Waals surface area contributed by atoms with Gasteiger partial charge in [0, 0.05) is 6.20 Å². The second-order valence-electron chi connectivity index (χ2n) is 3.97. The molecule has 0 radical (unpaired) electrons. The molecule has 1 unspecified atom stereocenters. The van der Waals surface area contributed by atoms with E-state index >= 15 is 0 Å². The van der Waals surface area contributed by atoms with Crippen molar-refractivity contribution >= 4 is 5.97 Å². The van der Waals surface area contributed by atoms with E-state index < -0.39 is 11.5 Å². The average Bonchev–Trinajstić information content (AvgIpc) is 2.43. The van der Waals surface area contributed by atoms with Crippen LogP contribution in [0.3, 0.4) is 0 Å². The third kappa shape index (κ3) is 2.56. The molecule has 0 saturated carbocycles. The topological polar surface area (TPSA) is 70.1 Å². The highest BCUT2D eigenvalue weighted by Gasteiger charge is 2.30. The summed E-state index contributed by atoms with van der Waals surface area (Å²) in [6, 6.07) is 0. The molecule has 1 heterocycles. The van der Waals surface area contributed by atoms with Crippen LogP contribution in [0.25, 0.3) is 0 Å². The van der Waals surface area contributed by atoms with Gasteiger partial charge in [0.2, 0.25) is 0 Å². The zero-order valence-electron chi connectivity index (χ0n) is 9.57. The molecule has 1 rings (SSSR count). The Morgan fingerprint density at radius 2 is 2.27 bits per heavy atom. The second-order valence-corrected chi connectivity index (χ2v) is 3.97. The predicted molar refractivity (Wildman–Crippen MR) is 56.3 cm³/mol. The summed E-state index contributed by atoms with van der Waals surface area (Å²) in [5.74, 6) is 0.418. The third-order valence-corrected chi connectivity index (χ3v) is 2.25. The van der Waals surface area contributed by atoms with Crippen LogP contribution in [0, 0.1) is 13.8 Å². The molecule has 84 valence electrons. The van der Waals surface area contributed by atoms with Crippen molar-refractivity contribution in [1.29, 1.82) is 0 Å². The molecule has 0 aliphatic heterocycles. The number of hydrogen-bond donors (Lipinski definition) is 1. The Morgan fingerprint density at radius 1 is 1.67 bits per heavy atom. The molecule has 15 heavy (non-hydrogen) atoms. The summed E-state index contributed by atoms with van der Waals surface area (Å²) in [7, 11) is 1.33. The number of nitrogens with two attached hydrogens (primary N) is 1. The first-order chi connectivity index (χ1) is 6.86. The summed E-state index contributed by atoms with van der Waals surface area (Å²) < 4.78 is 6.49. The van der Waals surface area contributed by atoms with E-state index in [0.29, 0.717) is 6.54 Å². The van der Waals surface area contributed by atoms with Gasteiger partial charge in [-0.1, -0.05) is 0 Å². The molecule has 1 aromatic rings. The van der Waals surface area contributed by atoms with Gasteiger partial charge in [-0.2, -0.15) is 0 Å². The first-order valence-corrected chi connectivity index (χ1v) is 4.74. The lowest BCUT2D eigenvalue weighted by molar-refractivity contribution is -0.146. The fourth-order valence-electron chi connectivity index (χ4n) is 1.48. The molecule has 0 spiro atoms. The number of carbonyl (C=O) groups excluding carboxylic acids is 1. The molecular weight excluding hydrogens is 194 g/mol. The summed E-state index contributed by atoms with van der Waals surface area (Å²) >= 11 is 0. The first kappa shape index (κ1) is 11.7. The minimum Gasteiger partial charge on any atom is -0.468 e. The van der Waals surface area contributed by atoms with Crippen LogP contribution in [-0.4, -0.2) is 28.2 Å². The Bertz CT molecular complexity index is 369. The fraction of sp³-hybridized carbons (Fsp3) is 0.600. The molecule has 0 fully saturated rings. The number of esters is 1. The van der Waals surface area contributed by atoms with E-state index in [0.717, 1.165) is 11.5 Å². The van der Waals surface area contributed by atoms with Crippen molar-refractivity contribution < 1.29 is 9.53 Å². The van der Waals surface area contributed by atoms with Crippen LogP contribution in [-0.2, 0) is 16.1 Å². The lowest BCUT2D eigenvalue weighted by Crippen LogP contribution is -2.49. The standard InChI is InChI=1S/C10H17N3O2/c1-7-5-13(8(2)12-7)6-10(3,11)9(14)15-4/h5H,6,11H2,1-4H3. The van der Waals surface area contributed by atoms with Gasteiger partial charge in [-0.25, -0.2) is 4.98 Å². The minimum atomic E-state index is -1.02. The summed E-state index contributed by atoms with van der Waals surface area (Å²) in [4.78, 5) is 15.6. The maximum absolute atomic E-state index is 11.4. The monoisotopic (exact) mass is 211 g/mol. The van der Waals surface area contributed by atoms with Crippen molar-refractivity contribution in [2.45, 2.75) is 32.9 Å². The molecular formula is C10H17N3O2. The lowest BCUT2D eigenvalue weighted by Gasteiger charge is -2.22. The van der Waals surface area contributed by atoms with Crippen molar-refractivity contribution in [2.75, 3.05) is 7.11 Å². The van der Waals surface area contributed by atoms with Crippen molar-refractivity contribution in [3.63, 3.8) is 0 Å². The maximum Gasteiger partial charge on any atom is 0.327 e. The highest BCUT2D eigenvalue weighted by Crippen LogP contribution is 2.09. The number of aromatic nitrogens is 2. The number of carbonyl (C=O) groups is 1. The van der Waals surface area contributed by atoms with E-state index in [9.17, 15) is 4.79 Å². The average molecular weight is 211 g/mol. The van der Waals surface area contributed by atoms with Crippen LogP contribution in [0.1, 0.15) is 18.4 Å². The predicted octanol–water partition coefficient (Wildman–Crippen LogP) is 0.390. The molecule has 0 saturated heterocycles. The van der Waals surface area contributed by atoms with Crippen LogP contribution in [0.15, 0.2) is 6.20 Å². The summed E-state index contributed by atoms with van der Waals surface area (Å²) in [5, 5.41) is 0. The van der Waals surface area contributed by atoms with Gasteiger partial charge in [-0.3, -0.25) is 4.79 Å². The normalized spacial score (nSPS) is 14.7. The highest BCUT2D eigenvalue weighted by molar-refractivity contribution is 5.79. The summed E-state index contributed by atoms with van der Waals surface area (Å²) in [6.45, 7) is 5.79. The third-order valence-electron chi connectivity index (χ3n) is 2.25. The van der Waals surface area contributed by atoms with Crippen LogP contribution in [0.4, 0.5) is 0 Å². The SMILES string of the molecule is COC(=O)C(C)(N)Cn1cc(C)nc1C. The van der Waals surface area contributed by atoms with E-state index in [-0.39, 0.29) is 0 Å². The van der Waals surface area contributed by atoms with Crippen LogP contribution >= 0.6 is 0 Å². The Kier molecular flexibility index (Phi) is 3.14. The number of hydrogen-bond acceptors (Lipinski definition) is 4. The smallest absolute Gasteiger partial charge is 0.327 e. The quantitative estimate of drug-likeness (QED) is 0.734. The van der Waals surface area contributed by atoms with E-state index in [1.165, 1.54) is 7.11 Å². The summed E-state index contributed by atoms with van der Waals surface area (Å²) in [6.07, 6.45) is 1.86. The Morgan fingerprint density at radius 3 is 2.67 bits per heavy atom. The van der Waals surface area contributed by atoms with Crippen molar-refractivity contribution in [2.24, 2.45) is 5.73 Å². The largest absolute Gasteiger partial charge is 0.468 e. The van der Waals surface area contributed by atoms with Gasteiger partial charge in [0.05, 0.1) is 19.3 Å². The van der Waals surface area contributed by atoms with Crippen LogP contribution in [0.2, 0.25) is 0 Å². The van der Waals surface area contributed by atoms with Crippen molar-refractivity contribution in [3.05, 3.63) is 17.7 Å². The molecule has 2 N–H and O–H groups in total. The van der Waals surface area contributed by atoms with Crippen LogP contribution in [0.5, 0.6) is 0 Å². The molecule has 0 aromatic carbocycles. The molecule has 1 aromatic heterocycles. The first-order valence-electron chi connectivity index (χ1n) is 4.74. The fourth-order valence-corrected chi connectivity index (χ4v) is 1.48. The molecule has 0 aliphatic rings.